The molecule has 78 valence electrons. The van der Waals surface area contributed by atoms with Gasteiger partial charge in [0.1, 0.15) is 0 Å². The molecule has 0 radical (unpaired) electrons. The van der Waals surface area contributed by atoms with Crippen LogP contribution < -0.4 is 29.1 Å². The van der Waals surface area contributed by atoms with E-state index >= 15 is 0 Å². The van der Waals surface area contributed by atoms with Gasteiger partial charge in [0, 0.05) is 0 Å². The first kappa shape index (κ1) is 13.4. The minimum absolute atomic E-state index is 0.0344. The number of hydrogen-bond donors (Lipinski definition) is 2. The number of nitrogens with one attached hydrogen (secondary N) is 2. The van der Waals surface area contributed by atoms with Crippen LogP contribution in [0.2, 0.25) is 0 Å². The van der Waals surface area contributed by atoms with Crippen LogP contribution in [0.4, 0.5) is 0 Å². The molecule has 0 saturated carbocycles. The average molecular weight is 333 g/mol. The number of hydrogen-bond acceptors (Lipinski definition) is 4. The van der Waals surface area contributed by atoms with Gasteiger partial charge < -0.3 is 0 Å². The van der Waals surface area contributed by atoms with Crippen molar-refractivity contribution in [3.63, 3.8) is 0 Å². The van der Waals surface area contributed by atoms with Crippen LogP contribution in [0, 0.1) is 0 Å². The van der Waals surface area contributed by atoms with Crippen LogP contribution in [0.3, 0.4) is 0 Å². The summed E-state index contributed by atoms with van der Waals surface area (Å²) < 4.78 is 0. The second-order valence-corrected chi connectivity index (χ2v) is 9.24. The third-order valence-corrected chi connectivity index (χ3v) is 8.35. The van der Waals surface area contributed by atoms with E-state index in [0.29, 0.717) is 0 Å². The van der Waals surface area contributed by atoms with Crippen molar-refractivity contribution < 1.29 is 18.4 Å². The van der Waals surface area contributed by atoms with Gasteiger partial charge in [-0.2, -0.15) is 0 Å². The zero-order chi connectivity index (χ0) is 10.1. The Morgan fingerprint density at radius 1 is 1.00 bits per heavy atom. The van der Waals surface area contributed by atoms with E-state index in [1.54, 1.807) is 32.0 Å². The summed E-state index contributed by atoms with van der Waals surface area (Å²) in [5.41, 5.74) is 0. The van der Waals surface area contributed by atoms with E-state index < -0.39 is 0 Å². The zero-order valence-electron chi connectivity index (χ0n) is 8.09. The summed E-state index contributed by atoms with van der Waals surface area (Å²) in [6.45, 7) is 0. The Hall–Kier alpha value is 0.370. The Labute approximate surface area is 95.0 Å². The van der Waals surface area contributed by atoms with Crippen LogP contribution in [0.5, 0.6) is 0 Å². The van der Waals surface area contributed by atoms with Gasteiger partial charge in [-0.05, 0) is 0 Å². The van der Waals surface area contributed by atoms with Crippen molar-refractivity contribution in [1.82, 2.24) is 10.6 Å². The van der Waals surface area contributed by atoms with E-state index in [4.69, 9.17) is 0 Å². The van der Waals surface area contributed by atoms with Gasteiger partial charge in [-0.15, -0.1) is 0 Å². The zero-order valence-corrected chi connectivity index (χ0v) is 11.9. The average Bonchev–Trinajstić information content (AvgIpc) is 2.19. The quantitative estimate of drug-likeness (QED) is 0.342. The number of halogens is 1. The van der Waals surface area contributed by atoms with Crippen molar-refractivity contribution in [1.29, 1.82) is 0 Å². The molecule has 0 heterocycles. The van der Waals surface area contributed by atoms with Crippen LogP contribution in [-0.2, 0) is 0 Å². The molecule has 0 atom stereocenters. The molecule has 0 amide bonds. The Morgan fingerprint density at radius 2 is 1.38 bits per heavy atom. The summed E-state index contributed by atoms with van der Waals surface area (Å²) in [4.78, 5) is 8.15. The second kappa shape index (κ2) is 8.95. The fourth-order valence-electron chi connectivity index (χ4n) is 0.445. The molecule has 0 saturated heterocycles. The fraction of sp³-hybridized carbons (Fsp3) is 0.667. The molecule has 2 N–H and O–H groups in total. The molecule has 13 heavy (non-hydrogen) atoms. The summed E-state index contributed by atoms with van der Waals surface area (Å²) >= 11 is -0.0344. The number of nitrogens with zero attached hydrogens (tertiary/aromatic N) is 2. The van der Waals surface area contributed by atoms with Gasteiger partial charge in [-0.3, -0.25) is 0 Å². The first-order valence-electron chi connectivity index (χ1n) is 3.56. The van der Waals surface area contributed by atoms with Crippen molar-refractivity contribution in [3.8, 4) is 0 Å². The molecule has 0 aromatic rings. The van der Waals surface area contributed by atoms with Gasteiger partial charge in [0.05, 0.1) is 0 Å². The molecule has 0 aliphatic rings. The molecule has 7 heteroatoms. The van der Waals surface area contributed by atoms with E-state index in [0.717, 1.165) is 10.3 Å². The van der Waals surface area contributed by atoms with Crippen molar-refractivity contribution in [2.24, 2.45) is 9.98 Å². The molecule has 0 unspecified atom stereocenters. The first-order valence-corrected chi connectivity index (χ1v) is 10.3. The van der Waals surface area contributed by atoms with Gasteiger partial charge in [0.2, 0.25) is 0 Å². The molecule has 0 aliphatic heterocycles. The number of aliphatic imine (C=N–C) groups is 2. The van der Waals surface area contributed by atoms with Crippen molar-refractivity contribution in [3.05, 3.63) is 0 Å². The third kappa shape index (κ3) is 6.44. The molecule has 0 spiro atoms. The summed E-state index contributed by atoms with van der Waals surface area (Å²) in [6, 6.07) is 0. The molecular formula is C6H14IN4S2-. The van der Waals surface area contributed by atoms with Crippen LogP contribution >= 0.6 is 17.9 Å². The monoisotopic (exact) mass is 333 g/mol. The molecule has 4 nitrogen and oxygen atoms in total. The normalized spacial score (nSPS) is 13.2. The van der Waals surface area contributed by atoms with Crippen molar-refractivity contribution in [2.75, 3.05) is 28.2 Å². The van der Waals surface area contributed by atoms with E-state index in [2.05, 4.69) is 20.6 Å². The van der Waals surface area contributed by atoms with E-state index in [1.807, 2.05) is 14.1 Å². The third-order valence-electron chi connectivity index (χ3n) is 1.04. The number of amidine groups is 2. The van der Waals surface area contributed by atoms with Gasteiger partial charge in [0.25, 0.3) is 0 Å². The SMILES string of the molecule is CN=C(NC)S[I-]SC(=NC)NC. The molecule has 0 aliphatic carbocycles. The maximum atomic E-state index is 4.08. The summed E-state index contributed by atoms with van der Waals surface area (Å²) in [5.74, 6) is 0. The number of rotatable bonds is 2. The standard InChI is InChI=1S/C6H14IN4S2/c1-8-5(9-2)12-7-13-6(10-3)11-4/h1-4H3,(H,8,9)(H,10,11)/q-1. The molecular weight excluding hydrogens is 319 g/mol. The van der Waals surface area contributed by atoms with Crippen LogP contribution in [-0.4, -0.2) is 38.5 Å². The maximum absolute atomic E-state index is 4.08. The summed E-state index contributed by atoms with van der Waals surface area (Å²) in [5, 5.41) is 8.04. The fourth-order valence-corrected chi connectivity index (χ4v) is 7.72. The summed E-state index contributed by atoms with van der Waals surface area (Å²) in [7, 11) is 10.9. The van der Waals surface area contributed by atoms with E-state index in [1.165, 1.54) is 0 Å². The first-order chi connectivity index (χ1) is 6.28. The minimum atomic E-state index is -0.0344. The Morgan fingerprint density at radius 3 is 1.62 bits per heavy atom. The summed E-state index contributed by atoms with van der Waals surface area (Å²) in [6.07, 6.45) is 0. The Balaban J connectivity index is 3.66. The Bertz CT molecular complexity index is 175. The van der Waals surface area contributed by atoms with Crippen LogP contribution in [0.25, 0.3) is 0 Å². The van der Waals surface area contributed by atoms with Gasteiger partial charge in [-0.25, -0.2) is 0 Å². The molecule has 0 bridgehead atoms. The van der Waals surface area contributed by atoms with E-state index in [9.17, 15) is 0 Å². The van der Waals surface area contributed by atoms with Gasteiger partial charge in [-0.1, -0.05) is 0 Å². The second-order valence-electron chi connectivity index (χ2n) is 1.77. The molecule has 0 rings (SSSR count). The van der Waals surface area contributed by atoms with Crippen LogP contribution in [0.1, 0.15) is 0 Å². The van der Waals surface area contributed by atoms with Crippen molar-refractivity contribution >= 4 is 28.2 Å². The predicted octanol–water partition coefficient (Wildman–Crippen LogP) is -2.22. The molecule has 0 aromatic heterocycles. The van der Waals surface area contributed by atoms with Gasteiger partial charge in [0.15, 0.2) is 0 Å². The van der Waals surface area contributed by atoms with E-state index in [-0.39, 0.29) is 18.4 Å². The van der Waals surface area contributed by atoms with Crippen molar-refractivity contribution in [2.45, 2.75) is 0 Å². The van der Waals surface area contributed by atoms with Crippen LogP contribution in [0.15, 0.2) is 9.98 Å². The molecule has 0 fully saturated rings. The Kier molecular flexibility index (Phi) is 9.20. The van der Waals surface area contributed by atoms with Gasteiger partial charge >= 0.3 is 95.4 Å². The topological polar surface area (TPSA) is 48.8 Å². The molecule has 0 aromatic carbocycles. The predicted molar refractivity (Wildman–Crippen MR) is 60.0 cm³/mol.